The topological polar surface area (TPSA) is 32.3 Å². The third kappa shape index (κ3) is 1.14. The molecule has 0 aromatic rings. The molecule has 2 fully saturated rings. The van der Waals surface area contributed by atoms with Crippen molar-refractivity contribution < 1.29 is 4.79 Å². The van der Waals surface area contributed by atoms with Gasteiger partial charge in [-0.1, -0.05) is 0 Å². The first kappa shape index (κ1) is 7.43. The molecule has 4 heteroatoms. The molecule has 1 amide bonds. The summed E-state index contributed by atoms with van der Waals surface area (Å²) in [5, 5.41) is 3.42. The van der Waals surface area contributed by atoms with Crippen LogP contribution in [0.1, 0.15) is 6.92 Å². The van der Waals surface area contributed by atoms with Crippen molar-refractivity contribution in [2.75, 3.05) is 25.4 Å². The lowest BCUT2D eigenvalue weighted by atomic mass is 10.1. The summed E-state index contributed by atoms with van der Waals surface area (Å²) in [5.41, 5.74) is 0. The van der Waals surface area contributed by atoms with Crippen LogP contribution in [-0.4, -0.2) is 41.1 Å². The number of hydrogen-bond acceptors (Lipinski definition) is 3. The highest BCUT2D eigenvalue weighted by atomic mass is 32.2. The largest absolute Gasteiger partial charge is 0.337 e. The summed E-state index contributed by atoms with van der Waals surface area (Å²) >= 11 is 1.95. The smallest absolute Gasteiger partial charge is 0.219 e. The summed E-state index contributed by atoms with van der Waals surface area (Å²) in [6.07, 6.45) is 0. The van der Waals surface area contributed by atoms with E-state index < -0.39 is 0 Å². The van der Waals surface area contributed by atoms with Crippen molar-refractivity contribution in [1.29, 1.82) is 0 Å². The SMILES string of the molecule is CC(=O)N1CC2(C1)NCCS2. The minimum Gasteiger partial charge on any atom is -0.337 e. The van der Waals surface area contributed by atoms with Crippen LogP contribution in [0.4, 0.5) is 0 Å². The highest BCUT2D eigenvalue weighted by Crippen LogP contribution is 2.35. The van der Waals surface area contributed by atoms with Gasteiger partial charge in [0, 0.05) is 19.2 Å². The van der Waals surface area contributed by atoms with Gasteiger partial charge in [0.1, 0.15) is 4.87 Å². The lowest BCUT2D eigenvalue weighted by Gasteiger charge is -2.46. The average molecular weight is 172 g/mol. The Labute approximate surface area is 70.5 Å². The molecule has 1 N–H and O–H groups in total. The molecular formula is C7H12N2OS. The first-order chi connectivity index (χ1) is 5.22. The second-order valence-corrected chi connectivity index (χ2v) is 4.62. The van der Waals surface area contributed by atoms with Crippen molar-refractivity contribution in [2.24, 2.45) is 0 Å². The molecule has 2 aliphatic heterocycles. The van der Waals surface area contributed by atoms with Gasteiger partial charge in [0.2, 0.25) is 5.91 Å². The first-order valence-corrected chi connectivity index (χ1v) is 4.85. The van der Waals surface area contributed by atoms with Crippen molar-refractivity contribution in [3.8, 4) is 0 Å². The lowest BCUT2D eigenvalue weighted by molar-refractivity contribution is -0.134. The second-order valence-electron chi connectivity index (χ2n) is 3.14. The standard InChI is InChI=1S/C7H12N2OS/c1-6(10)9-4-7(5-9)8-2-3-11-7/h8H,2-5H2,1H3. The zero-order valence-electron chi connectivity index (χ0n) is 6.59. The average Bonchev–Trinajstić information content (AvgIpc) is 2.29. The van der Waals surface area contributed by atoms with Crippen LogP contribution in [0.3, 0.4) is 0 Å². The maximum atomic E-state index is 10.9. The second kappa shape index (κ2) is 2.38. The van der Waals surface area contributed by atoms with E-state index in [2.05, 4.69) is 5.32 Å². The number of nitrogens with one attached hydrogen (secondary N) is 1. The maximum Gasteiger partial charge on any atom is 0.219 e. The molecule has 0 unspecified atom stereocenters. The fourth-order valence-electron chi connectivity index (χ4n) is 1.57. The van der Waals surface area contributed by atoms with E-state index in [1.165, 1.54) is 5.75 Å². The Hall–Kier alpha value is -0.220. The predicted molar refractivity (Wildman–Crippen MR) is 45.4 cm³/mol. The normalized spacial score (nSPS) is 27.2. The zero-order chi connectivity index (χ0) is 7.90. The molecule has 0 aliphatic carbocycles. The minimum atomic E-state index is 0.199. The third-order valence-electron chi connectivity index (χ3n) is 2.27. The molecule has 11 heavy (non-hydrogen) atoms. The third-order valence-corrected chi connectivity index (χ3v) is 3.63. The Kier molecular flexibility index (Phi) is 1.61. The van der Waals surface area contributed by atoms with E-state index in [1.807, 2.05) is 16.7 Å². The fraction of sp³-hybridized carbons (Fsp3) is 0.857. The molecule has 0 radical (unpaired) electrons. The molecular weight excluding hydrogens is 160 g/mol. The lowest BCUT2D eigenvalue weighted by Crippen LogP contribution is -2.66. The number of carbonyl (C=O) groups is 1. The van der Waals surface area contributed by atoms with Gasteiger partial charge >= 0.3 is 0 Å². The molecule has 0 saturated carbocycles. The van der Waals surface area contributed by atoms with Gasteiger partial charge in [0.25, 0.3) is 0 Å². The van der Waals surface area contributed by atoms with Crippen LogP contribution in [0.2, 0.25) is 0 Å². The van der Waals surface area contributed by atoms with Crippen LogP contribution in [0.25, 0.3) is 0 Å². The van der Waals surface area contributed by atoms with E-state index in [9.17, 15) is 4.79 Å². The van der Waals surface area contributed by atoms with Gasteiger partial charge in [-0.05, 0) is 0 Å². The van der Waals surface area contributed by atoms with Crippen molar-refractivity contribution in [1.82, 2.24) is 10.2 Å². The fourth-order valence-corrected chi connectivity index (χ4v) is 2.87. The molecule has 0 aromatic carbocycles. The summed E-state index contributed by atoms with van der Waals surface area (Å²) < 4.78 is 0. The molecule has 0 atom stereocenters. The van der Waals surface area contributed by atoms with E-state index in [1.54, 1.807) is 6.92 Å². The van der Waals surface area contributed by atoms with Crippen LogP contribution in [0, 0.1) is 0 Å². The molecule has 1 spiro atoms. The number of rotatable bonds is 0. The quantitative estimate of drug-likeness (QED) is 0.553. The molecule has 2 aliphatic rings. The van der Waals surface area contributed by atoms with Crippen LogP contribution < -0.4 is 5.32 Å². The molecule has 2 saturated heterocycles. The number of thioether (sulfide) groups is 1. The van der Waals surface area contributed by atoms with E-state index in [0.717, 1.165) is 19.6 Å². The highest BCUT2D eigenvalue weighted by Gasteiger charge is 2.46. The molecule has 3 nitrogen and oxygen atoms in total. The Morgan fingerprint density at radius 1 is 1.64 bits per heavy atom. The molecule has 62 valence electrons. The van der Waals surface area contributed by atoms with Gasteiger partial charge in [-0.2, -0.15) is 0 Å². The van der Waals surface area contributed by atoms with E-state index in [4.69, 9.17) is 0 Å². The van der Waals surface area contributed by atoms with E-state index in [-0.39, 0.29) is 10.8 Å². The summed E-state index contributed by atoms with van der Waals surface area (Å²) in [6.45, 7) is 4.52. The van der Waals surface area contributed by atoms with Crippen molar-refractivity contribution in [3.05, 3.63) is 0 Å². The van der Waals surface area contributed by atoms with Crippen LogP contribution >= 0.6 is 11.8 Å². The van der Waals surface area contributed by atoms with Crippen LogP contribution in [-0.2, 0) is 4.79 Å². The highest BCUT2D eigenvalue weighted by molar-refractivity contribution is 8.01. The van der Waals surface area contributed by atoms with Gasteiger partial charge < -0.3 is 4.90 Å². The van der Waals surface area contributed by atoms with Gasteiger partial charge in [-0.3, -0.25) is 10.1 Å². The Balaban J connectivity index is 1.91. The number of nitrogens with zero attached hydrogens (tertiary/aromatic N) is 1. The monoisotopic (exact) mass is 172 g/mol. The number of hydrogen-bond donors (Lipinski definition) is 1. The summed E-state index contributed by atoms with van der Waals surface area (Å²) in [7, 11) is 0. The number of amides is 1. The van der Waals surface area contributed by atoms with Gasteiger partial charge in [0.05, 0.1) is 13.1 Å². The predicted octanol–water partition coefficient (Wildman–Crippen LogP) is -0.119. The van der Waals surface area contributed by atoms with Gasteiger partial charge in [-0.25, -0.2) is 0 Å². The molecule has 2 rings (SSSR count). The van der Waals surface area contributed by atoms with Crippen LogP contribution in [0.15, 0.2) is 0 Å². The Bertz CT molecular complexity index is 181. The summed E-state index contributed by atoms with van der Waals surface area (Å²) in [5.74, 6) is 1.39. The molecule has 2 heterocycles. The number of likely N-dealkylation sites (tertiary alicyclic amines) is 1. The maximum absolute atomic E-state index is 10.9. The molecule has 0 bridgehead atoms. The first-order valence-electron chi connectivity index (χ1n) is 3.86. The van der Waals surface area contributed by atoms with E-state index in [0.29, 0.717) is 0 Å². The van der Waals surface area contributed by atoms with Crippen LogP contribution in [0.5, 0.6) is 0 Å². The van der Waals surface area contributed by atoms with E-state index >= 15 is 0 Å². The number of carbonyl (C=O) groups excluding carboxylic acids is 1. The molecule has 0 aromatic heterocycles. The van der Waals surface area contributed by atoms with Gasteiger partial charge in [0.15, 0.2) is 0 Å². The minimum absolute atomic E-state index is 0.199. The van der Waals surface area contributed by atoms with Crippen molar-refractivity contribution in [2.45, 2.75) is 11.8 Å². The van der Waals surface area contributed by atoms with Crippen molar-refractivity contribution >= 4 is 17.7 Å². The van der Waals surface area contributed by atoms with Gasteiger partial charge in [-0.15, -0.1) is 11.8 Å². The zero-order valence-corrected chi connectivity index (χ0v) is 7.41. The van der Waals surface area contributed by atoms with Crippen molar-refractivity contribution in [3.63, 3.8) is 0 Å². The summed E-state index contributed by atoms with van der Waals surface area (Å²) in [4.78, 5) is 13.0. The Morgan fingerprint density at radius 2 is 2.36 bits per heavy atom. The Morgan fingerprint density at radius 3 is 2.82 bits per heavy atom. The summed E-state index contributed by atoms with van der Waals surface area (Å²) in [6, 6.07) is 0.